The predicted molar refractivity (Wildman–Crippen MR) is 89.7 cm³/mol. The lowest BCUT2D eigenvalue weighted by molar-refractivity contribution is -0.115. The van der Waals surface area contributed by atoms with Gasteiger partial charge in [-0.05, 0) is 25.1 Å². The molecule has 0 aliphatic heterocycles. The summed E-state index contributed by atoms with van der Waals surface area (Å²) >= 11 is 3.04. The highest BCUT2D eigenvalue weighted by atomic mass is 32.2. The van der Waals surface area contributed by atoms with E-state index < -0.39 is 0 Å². The van der Waals surface area contributed by atoms with Crippen LogP contribution in [0.2, 0.25) is 0 Å². The van der Waals surface area contributed by atoms with Crippen LogP contribution in [0.25, 0.3) is 10.9 Å². The van der Waals surface area contributed by atoms with Crippen molar-refractivity contribution < 1.29 is 4.79 Å². The van der Waals surface area contributed by atoms with Crippen LogP contribution in [0.15, 0.2) is 34.1 Å². The molecule has 0 spiro atoms. The Balaban J connectivity index is 1.53. The normalized spacial score (nSPS) is 11.0. The van der Waals surface area contributed by atoms with Gasteiger partial charge in [-0.3, -0.25) is 19.8 Å². The van der Waals surface area contributed by atoms with Gasteiger partial charge in [0.2, 0.25) is 5.91 Å². The van der Waals surface area contributed by atoms with E-state index in [0.29, 0.717) is 22.7 Å². The number of aromatic amines is 2. The Morgan fingerprint density at radius 1 is 1.41 bits per heavy atom. The highest BCUT2D eigenvalue weighted by Crippen LogP contribution is 2.22. The fourth-order valence-electron chi connectivity index (χ4n) is 1.96. The number of hydrogen-bond donors (Lipinski definition) is 3. The standard InChI is InChI=1S/C14H14N4O2S2/c1-8-7-15-14(22-8)16-12(19)4-5-21-9-2-3-10-11(6-9)17-18-13(10)20/h2-3,6-7H,4-5H2,1H3,(H,15,16,19)(H2,17,18,20). The molecule has 3 aromatic rings. The number of nitrogens with one attached hydrogen (secondary N) is 3. The zero-order chi connectivity index (χ0) is 15.5. The summed E-state index contributed by atoms with van der Waals surface area (Å²) in [5, 5.41) is 9.44. The molecule has 3 rings (SSSR count). The van der Waals surface area contributed by atoms with E-state index in [4.69, 9.17) is 0 Å². The van der Waals surface area contributed by atoms with E-state index in [1.807, 2.05) is 19.1 Å². The van der Waals surface area contributed by atoms with E-state index in [-0.39, 0.29) is 11.5 Å². The van der Waals surface area contributed by atoms with E-state index in [1.54, 1.807) is 24.0 Å². The van der Waals surface area contributed by atoms with Gasteiger partial charge >= 0.3 is 0 Å². The number of aryl methyl sites for hydroxylation is 1. The first-order valence-electron chi connectivity index (χ1n) is 6.67. The van der Waals surface area contributed by atoms with Crippen molar-refractivity contribution in [3.05, 3.63) is 39.6 Å². The number of carbonyl (C=O) groups is 1. The van der Waals surface area contributed by atoms with Gasteiger partial charge in [0.05, 0.1) is 10.9 Å². The molecule has 0 aliphatic carbocycles. The van der Waals surface area contributed by atoms with Gasteiger partial charge in [0.25, 0.3) is 5.56 Å². The van der Waals surface area contributed by atoms with Gasteiger partial charge in [0.15, 0.2) is 5.13 Å². The SMILES string of the molecule is Cc1cnc(NC(=O)CCSc2ccc3c(=O)[nH][nH]c3c2)s1. The van der Waals surface area contributed by atoms with E-state index in [9.17, 15) is 9.59 Å². The van der Waals surface area contributed by atoms with Crippen molar-refractivity contribution in [3.8, 4) is 0 Å². The second kappa shape index (κ2) is 6.37. The topological polar surface area (TPSA) is 90.6 Å². The average molecular weight is 334 g/mol. The fraction of sp³-hybridized carbons (Fsp3) is 0.214. The minimum absolute atomic E-state index is 0.0435. The predicted octanol–water partition coefficient (Wildman–Crippen LogP) is 2.74. The van der Waals surface area contributed by atoms with Gasteiger partial charge in [0, 0.05) is 28.1 Å². The third-order valence-corrected chi connectivity index (χ3v) is 4.84. The number of benzene rings is 1. The summed E-state index contributed by atoms with van der Waals surface area (Å²) in [7, 11) is 0. The van der Waals surface area contributed by atoms with Crippen molar-refractivity contribution in [2.24, 2.45) is 0 Å². The average Bonchev–Trinajstić information content (AvgIpc) is 3.05. The summed E-state index contributed by atoms with van der Waals surface area (Å²) in [4.78, 5) is 29.4. The van der Waals surface area contributed by atoms with Crippen LogP contribution < -0.4 is 10.9 Å². The quantitative estimate of drug-likeness (QED) is 0.626. The van der Waals surface area contributed by atoms with Gasteiger partial charge < -0.3 is 5.32 Å². The second-order valence-electron chi connectivity index (χ2n) is 4.71. The lowest BCUT2D eigenvalue weighted by Crippen LogP contribution is -2.11. The van der Waals surface area contributed by atoms with E-state index in [0.717, 1.165) is 15.3 Å². The van der Waals surface area contributed by atoms with Crippen LogP contribution >= 0.6 is 23.1 Å². The molecule has 2 heterocycles. The fourth-order valence-corrected chi connectivity index (χ4v) is 3.53. The lowest BCUT2D eigenvalue weighted by Gasteiger charge is -2.02. The Kier molecular flexibility index (Phi) is 4.30. The zero-order valence-electron chi connectivity index (χ0n) is 11.8. The first-order chi connectivity index (χ1) is 10.6. The molecule has 0 aliphatic rings. The lowest BCUT2D eigenvalue weighted by atomic mass is 10.2. The van der Waals surface area contributed by atoms with E-state index in [2.05, 4.69) is 20.5 Å². The van der Waals surface area contributed by atoms with E-state index in [1.165, 1.54) is 11.3 Å². The van der Waals surface area contributed by atoms with Crippen molar-refractivity contribution in [1.82, 2.24) is 15.2 Å². The third-order valence-electron chi connectivity index (χ3n) is 3.01. The zero-order valence-corrected chi connectivity index (χ0v) is 13.4. The summed E-state index contributed by atoms with van der Waals surface area (Å²) in [6, 6.07) is 5.57. The Morgan fingerprint density at radius 2 is 2.27 bits per heavy atom. The molecule has 0 radical (unpaired) electrons. The second-order valence-corrected chi connectivity index (χ2v) is 7.11. The molecule has 1 amide bonds. The molecular weight excluding hydrogens is 320 g/mol. The molecule has 0 fully saturated rings. The van der Waals surface area contributed by atoms with Crippen LogP contribution in [0.4, 0.5) is 5.13 Å². The number of rotatable bonds is 5. The molecule has 0 atom stereocenters. The summed E-state index contributed by atoms with van der Waals surface area (Å²) in [5.41, 5.74) is 0.655. The molecule has 0 saturated carbocycles. The van der Waals surface area contributed by atoms with Crippen molar-refractivity contribution in [1.29, 1.82) is 0 Å². The number of amides is 1. The smallest absolute Gasteiger partial charge is 0.271 e. The van der Waals surface area contributed by atoms with Crippen molar-refractivity contribution in [2.45, 2.75) is 18.2 Å². The number of anilines is 1. The van der Waals surface area contributed by atoms with Crippen LogP contribution in [-0.2, 0) is 4.79 Å². The third kappa shape index (κ3) is 3.40. The summed E-state index contributed by atoms with van der Waals surface area (Å²) in [6.45, 7) is 1.95. The van der Waals surface area contributed by atoms with Crippen molar-refractivity contribution >= 4 is 45.0 Å². The molecule has 2 aromatic heterocycles. The van der Waals surface area contributed by atoms with Crippen LogP contribution in [0.3, 0.4) is 0 Å². The molecule has 114 valence electrons. The van der Waals surface area contributed by atoms with Gasteiger partial charge in [-0.1, -0.05) is 0 Å². The van der Waals surface area contributed by atoms with E-state index >= 15 is 0 Å². The van der Waals surface area contributed by atoms with Gasteiger partial charge in [-0.25, -0.2) is 4.98 Å². The molecule has 6 nitrogen and oxygen atoms in total. The highest BCUT2D eigenvalue weighted by molar-refractivity contribution is 7.99. The van der Waals surface area contributed by atoms with Crippen LogP contribution in [0.5, 0.6) is 0 Å². The maximum absolute atomic E-state index is 11.8. The molecule has 0 unspecified atom stereocenters. The molecule has 1 aromatic carbocycles. The summed E-state index contributed by atoms with van der Waals surface area (Å²) in [6.07, 6.45) is 2.15. The largest absolute Gasteiger partial charge is 0.302 e. The number of nitrogens with zero attached hydrogens (tertiary/aromatic N) is 1. The molecule has 22 heavy (non-hydrogen) atoms. The molecule has 0 saturated heterocycles. The Hall–Kier alpha value is -2.06. The highest BCUT2D eigenvalue weighted by Gasteiger charge is 2.07. The van der Waals surface area contributed by atoms with Gasteiger partial charge in [-0.15, -0.1) is 23.1 Å². The Bertz CT molecular complexity index is 865. The number of fused-ring (bicyclic) bond motifs is 1. The van der Waals surface area contributed by atoms with Crippen LogP contribution in [0.1, 0.15) is 11.3 Å². The van der Waals surface area contributed by atoms with Crippen LogP contribution in [0, 0.1) is 6.92 Å². The maximum atomic E-state index is 11.8. The van der Waals surface area contributed by atoms with Crippen LogP contribution in [-0.4, -0.2) is 26.8 Å². The minimum Gasteiger partial charge on any atom is -0.302 e. The Morgan fingerprint density at radius 3 is 3.05 bits per heavy atom. The molecule has 3 N–H and O–H groups in total. The minimum atomic E-state index is -0.121. The summed E-state index contributed by atoms with van der Waals surface area (Å²) in [5.74, 6) is 0.620. The number of carbonyl (C=O) groups excluding carboxylic acids is 1. The first kappa shape index (κ1) is 14.9. The van der Waals surface area contributed by atoms with Gasteiger partial charge in [-0.2, -0.15) is 0 Å². The number of thiazole rings is 1. The number of hydrogen-bond acceptors (Lipinski definition) is 5. The number of thioether (sulfide) groups is 1. The molecular formula is C14H14N4O2S2. The first-order valence-corrected chi connectivity index (χ1v) is 8.47. The Labute approximate surface area is 134 Å². The van der Waals surface area contributed by atoms with Crippen molar-refractivity contribution in [3.63, 3.8) is 0 Å². The van der Waals surface area contributed by atoms with Crippen molar-refractivity contribution in [2.75, 3.05) is 11.1 Å². The monoisotopic (exact) mass is 334 g/mol. The van der Waals surface area contributed by atoms with Gasteiger partial charge in [0.1, 0.15) is 0 Å². The number of aromatic nitrogens is 3. The maximum Gasteiger partial charge on any atom is 0.271 e. The summed E-state index contributed by atoms with van der Waals surface area (Å²) < 4.78 is 0. The number of H-pyrrole nitrogens is 2. The molecule has 0 bridgehead atoms. The molecule has 8 heteroatoms.